The summed E-state index contributed by atoms with van der Waals surface area (Å²) in [5.74, 6) is 0. The van der Waals surface area contributed by atoms with Crippen molar-refractivity contribution in [1.29, 1.82) is 0 Å². The van der Waals surface area contributed by atoms with Gasteiger partial charge in [0.1, 0.15) is 5.01 Å². The molecule has 0 saturated heterocycles. The summed E-state index contributed by atoms with van der Waals surface area (Å²) >= 11 is 5.49. The Bertz CT molecular complexity index is 3510. The number of rotatable bonds is 7. The van der Waals surface area contributed by atoms with Crippen molar-refractivity contribution in [2.75, 3.05) is 4.90 Å². The van der Waals surface area contributed by atoms with Crippen LogP contribution in [0.15, 0.2) is 206 Å². The van der Waals surface area contributed by atoms with Gasteiger partial charge in [-0.3, -0.25) is 0 Å². The molecule has 0 atom stereocenters. The fourth-order valence-electron chi connectivity index (χ4n) is 8.59. The van der Waals surface area contributed by atoms with Gasteiger partial charge in [-0.2, -0.15) is 0 Å². The maximum absolute atomic E-state index is 5.21. The average molecular weight is 819 g/mol. The van der Waals surface area contributed by atoms with Gasteiger partial charge in [-0.1, -0.05) is 140 Å². The summed E-state index contributed by atoms with van der Waals surface area (Å²) in [6.45, 7) is 0. The van der Waals surface area contributed by atoms with Gasteiger partial charge in [0.15, 0.2) is 0 Å². The third-order valence-corrected chi connectivity index (χ3v) is 15.0. The van der Waals surface area contributed by atoms with Gasteiger partial charge in [0, 0.05) is 63.0 Å². The predicted molar refractivity (Wildman–Crippen MR) is 262 cm³/mol. The Morgan fingerprint density at radius 2 is 0.867 bits per heavy atom. The zero-order chi connectivity index (χ0) is 39.6. The van der Waals surface area contributed by atoms with E-state index < -0.39 is 0 Å². The number of aromatic nitrogens is 1. The van der Waals surface area contributed by atoms with Gasteiger partial charge in [-0.15, -0.1) is 34.0 Å². The Morgan fingerprint density at radius 3 is 1.58 bits per heavy atom. The maximum Gasteiger partial charge on any atom is 0.124 e. The summed E-state index contributed by atoms with van der Waals surface area (Å²) in [6.07, 6.45) is 0. The number of thiophene rings is 2. The minimum Gasteiger partial charge on any atom is -0.311 e. The van der Waals surface area contributed by atoms with E-state index in [0.29, 0.717) is 0 Å². The quantitative estimate of drug-likeness (QED) is 0.159. The molecule has 9 aromatic carbocycles. The fraction of sp³-hybridized carbons (Fsp3) is 0. The lowest BCUT2D eigenvalue weighted by atomic mass is 10.0. The third-order valence-electron chi connectivity index (χ3n) is 11.5. The molecule has 0 bridgehead atoms. The lowest BCUT2D eigenvalue weighted by Crippen LogP contribution is -2.09. The maximum atomic E-state index is 5.21. The average Bonchev–Trinajstić information content (AvgIpc) is 4.04. The van der Waals surface area contributed by atoms with E-state index in [1.165, 1.54) is 78.4 Å². The van der Waals surface area contributed by atoms with Crippen LogP contribution >= 0.6 is 34.0 Å². The summed E-state index contributed by atoms with van der Waals surface area (Å²) in [4.78, 5) is 7.57. The van der Waals surface area contributed by atoms with Crippen molar-refractivity contribution in [2.24, 2.45) is 0 Å². The van der Waals surface area contributed by atoms with E-state index in [1.54, 1.807) is 11.3 Å². The molecule has 2 nitrogen and oxygen atoms in total. The Hall–Kier alpha value is -6.89. The van der Waals surface area contributed by atoms with Gasteiger partial charge >= 0.3 is 0 Å². The minimum atomic E-state index is 1.06. The number of anilines is 3. The van der Waals surface area contributed by atoms with Crippen molar-refractivity contribution in [3.63, 3.8) is 0 Å². The lowest BCUT2D eigenvalue weighted by molar-refractivity contribution is 1.28. The molecule has 5 heteroatoms. The molecule has 0 spiro atoms. The van der Waals surface area contributed by atoms with E-state index in [9.17, 15) is 0 Å². The zero-order valence-electron chi connectivity index (χ0n) is 32.2. The number of benzene rings is 9. The zero-order valence-corrected chi connectivity index (χ0v) is 34.7. The van der Waals surface area contributed by atoms with E-state index in [-0.39, 0.29) is 0 Å². The molecule has 0 aliphatic carbocycles. The van der Waals surface area contributed by atoms with E-state index in [0.717, 1.165) is 33.1 Å². The summed E-state index contributed by atoms with van der Waals surface area (Å²) in [5, 5.41) is 6.21. The first-order valence-electron chi connectivity index (χ1n) is 20.1. The number of hydrogen-bond acceptors (Lipinski definition) is 5. The third kappa shape index (κ3) is 6.01. The molecular weight excluding hydrogens is 785 g/mol. The van der Waals surface area contributed by atoms with Gasteiger partial charge in [-0.25, -0.2) is 4.98 Å². The van der Waals surface area contributed by atoms with Crippen LogP contribution in [-0.2, 0) is 0 Å². The molecule has 12 aromatic rings. The minimum absolute atomic E-state index is 1.06. The Balaban J connectivity index is 0.926. The molecule has 0 N–H and O–H groups in total. The van der Waals surface area contributed by atoms with Crippen molar-refractivity contribution >= 4 is 102 Å². The fourth-order valence-corrected chi connectivity index (χ4v) is 11.9. The summed E-state index contributed by atoms with van der Waals surface area (Å²) in [6, 6.07) is 75.0. The topological polar surface area (TPSA) is 16.1 Å². The second-order valence-electron chi connectivity index (χ2n) is 15.1. The van der Waals surface area contributed by atoms with Gasteiger partial charge < -0.3 is 4.90 Å². The van der Waals surface area contributed by atoms with Crippen LogP contribution in [0, 0.1) is 0 Å². The molecule has 0 aliphatic heterocycles. The van der Waals surface area contributed by atoms with Gasteiger partial charge in [0.05, 0.1) is 10.2 Å². The molecule has 0 unspecified atom stereocenters. The first kappa shape index (κ1) is 35.1. The molecule has 282 valence electrons. The highest BCUT2D eigenvalue weighted by molar-refractivity contribution is 7.27. The monoisotopic (exact) mass is 818 g/mol. The largest absolute Gasteiger partial charge is 0.311 e. The number of thiazole rings is 1. The summed E-state index contributed by atoms with van der Waals surface area (Å²) in [7, 11) is 0. The molecule has 0 radical (unpaired) electrons. The van der Waals surface area contributed by atoms with Crippen molar-refractivity contribution in [1.82, 2.24) is 4.98 Å². The van der Waals surface area contributed by atoms with E-state index in [2.05, 4.69) is 211 Å². The van der Waals surface area contributed by atoms with Crippen molar-refractivity contribution in [3.8, 4) is 44.0 Å². The van der Waals surface area contributed by atoms with Crippen LogP contribution in [0.5, 0.6) is 0 Å². The lowest BCUT2D eigenvalue weighted by Gasteiger charge is -2.26. The standard InChI is InChI=1S/C55H34N2S3/c1-3-10-35(11-4-1)36-18-25-41(26-19-36)57(43-29-22-38(23-30-43)44-15-9-16-46-45-14-7-8-17-48(45)59-54(44)46)42-27-20-37(21-28-42)40-24-31-49-47(34-40)52-50(58-49)32-33-51-53(52)56-55(60-51)39-12-5-2-6-13-39/h1-34H. The highest BCUT2D eigenvalue weighted by Crippen LogP contribution is 2.44. The van der Waals surface area contributed by atoms with Crippen molar-refractivity contribution < 1.29 is 0 Å². The highest BCUT2D eigenvalue weighted by atomic mass is 32.1. The second kappa shape index (κ2) is 14.4. The predicted octanol–water partition coefficient (Wildman–Crippen LogP) is 17.2. The molecule has 3 aromatic heterocycles. The Kier molecular flexibility index (Phi) is 8.44. The van der Waals surface area contributed by atoms with Gasteiger partial charge in [0.25, 0.3) is 0 Å². The van der Waals surface area contributed by atoms with Crippen LogP contribution in [0.3, 0.4) is 0 Å². The van der Waals surface area contributed by atoms with Gasteiger partial charge in [0.2, 0.25) is 0 Å². The molecular formula is C55H34N2S3. The van der Waals surface area contributed by atoms with Crippen molar-refractivity contribution in [2.45, 2.75) is 0 Å². The molecule has 0 fully saturated rings. The number of hydrogen-bond donors (Lipinski definition) is 0. The van der Waals surface area contributed by atoms with Crippen LogP contribution in [0.2, 0.25) is 0 Å². The number of nitrogens with zero attached hydrogens (tertiary/aromatic N) is 2. The Morgan fingerprint density at radius 1 is 0.333 bits per heavy atom. The van der Waals surface area contributed by atoms with Gasteiger partial charge in [-0.05, 0) is 100 Å². The van der Waals surface area contributed by atoms with Crippen LogP contribution in [-0.4, -0.2) is 4.98 Å². The molecule has 3 heterocycles. The molecule has 0 aliphatic rings. The Labute approximate surface area is 359 Å². The SMILES string of the molecule is c1ccc(-c2ccc(N(c3ccc(-c4ccc5sc6ccc7sc(-c8ccccc8)nc7c6c5c4)cc3)c3ccc(-c4cccc5c4sc4ccccc45)cc3)cc2)cc1. The smallest absolute Gasteiger partial charge is 0.124 e. The van der Waals surface area contributed by atoms with E-state index in [1.807, 2.05) is 22.7 Å². The molecule has 60 heavy (non-hydrogen) atoms. The molecule has 12 rings (SSSR count). The molecule has 0 saturated carbocycles. The normalized spacial score (nSPS) is 11.7. The van der Waals surface area contributed by atoms with Crippen LogP contribution in [0.1, 0.15) is 0 Å². The second-order valence-corrected chi connectivity index (χ2v) is 18.3. The van der Waals surface area contributed by atoms with Crippen LogP contribution in [0.25, 0.3) is 94.5 Å². The first-order chi connectivity index (χ1) is 29.7. The highest BCUT2D eigenvalue weighted by Gasteiger charge is 2.18. The summed E-state index contributed by atoms with van der Waals surface area (Å²) < 4.78 is 6.43. The van der Waals surface area contributed by atoms with Crippen molar-refractivity contribution in [3.05, 3.63) is 206 Å². The summed E-state index contributed by atoms with van der Waals surface area (Å²) in [5.41, 5.74) is 12.8. The van der Waals surface area contributed by atoms with E-state index in [4.69, 9.17) is 4.98 Å². The van der Waals surface area contributed by atoms with Crippen LogP contribution in [0.4, 0.5) is 17.1 Å². The molecule has 0 amide bonds. The number of fused-ring (bicyclic) bond motifs is 8. The van der Waals surface area contributed by atoms with Crippen LogP contribution < -0.4 is 4.90 Å². The first-order valence-corrected chi connectivity index (χ1v) is 22.5. The van der Waals surface area contributed by atoms with E-state index >= 15 is 0 Å².